The number of nitrogens with zero attached hydrogens (tertiary/aromatic N) is 3. The lowest BCUT2D eigenvalue weighted by atomic mass is 9.79. The molecule has 1 aromatic carbocycles. The van der Waals surface area contributed by atoms with Gasteiger partial charge < -0.3 is 20.0 Å². The van der Waals surface area contributed by atoms with Crippen molar-refractivity contribution in [3.05, 3.63) is 35.9 Å². The van der Waals surface area contributed by atoms with E-state index in [0.29, 0.717) is 32.7 Å². The van der Waals surface area contributed by atoms with Gasteiger partial charge in [0.1, 0.15) is 0 Å². The van der Waals surface area contributed by atoms with Gasteiger partial charge in [0.15, 0.2) is 0 Å². The molecule has 3 fully saturated rings. The maximum absolute atomic E-state index is 13.4. The highest BCUT2D eigenvalue weighted by atomic mass is 16.2. The van der Waals surface area contributed by atoms with Gasteiger partial charge in [-0.2, -0.15) is 0 Å². The summed E-state index contributed by atoms with van der Waals surface area (Å²) >= 11 is 0. The molecule has 0 radical (unpaired) electrons. The van der Waals surface area contributed by atoms with Crippen molar-refractivity contribution in [2.45, 2.75) is 26.2 Å². The summed E-state index contributed by atoms with van der Waals surface area (Å²) in [4.78, 5) is 43.7. The van der Waals surface area contributed by atoms with E-state index in [9.17, 15) is 14.4 Å². The lowest BCUT2D eigenvalue weighted by Crippen LogP contribution is -2.50. The van der Waals surface area contributed by atoms with Gasteiger partial charge in [-0.05, 0) is 24.8 Å². The van der Waals surface area contributed by atoms with E-state index >= 15 is 0 Å². The monoisotopic (exact) mass is 398 g/mol. The van der Waals surface area contributed by atoms with Gasteiger partial charge in [0.25, 0.3) is 0 Å². The molecular formula is C22H30N4O3. The van der Waals surface area contributed by atoms with Gasteiger partial charge in [-0.25, -0.2) is 4.79 Å². The Morgan fingerprint density at radius 1 is 1.00 bits per heavy atom. The summed E-state index contributed by atoms with van der Waals surface area (Å²) in [6.45, 7) is 5.61. The second-order valence-electron chi connectivity index (χ2n) is 8.60. The summed E-state index contributed by atoms with van der Waals surface area (Å²) in [7, 11) is 0. The van der Waals surface area contributed by atoms with Crippen LogP contribution >= 0.6 is 0 Å². The third-order valence-electron chi connectivity index (χ3n) is 6.69. The van der Waals surface area contributed by atoms with Crippen LogP contribution in [0.5, 0.6) is 0 Å². The van der Waals surface area contributed by atoms with E-state index in [4.69, 9.17) is 0 Å². The molecule has 0 bridgehead atoms. The molecule has 0 spiro atoms. The minimum Gasteiger partial charge on any atom is -0.342 e. The van der Waals surface area contributed by atoms with Gasteiger partial charge in [-0.15, -0.1) is 0 Å². The summed E-state index contributed by atoms with van der Waals surface area (Å²) < 4.78 is 0. The number of fused-ring (bicyclic) bond motifs is 1. The Labute approximate surface area is 172 Å². The molecular weight excluding hydrogens is 368 g/mol. The van der Waals surface area contributed by atoms with Gasteiger partial charge in [0.05, 0.1) is 5.41 Å². The highest BCUT2D eigenvalue weighted by molar-refractivity contribution is 5.88. The second kappa shape index (κ2) is 8.05. The predicted octanol–water partition coefficient (Wildman–Crippen LogP) is 1.34. The van der Waals surface area contributed by atoms with Crippen LogP contribution in [-0.2, 0) is 16.0 Å². The predicted molar refractivity (Wildman–Crippen MR) is 109 cm³/mol. The first-order chi connectivity index (χ1) is 14.0. The standard InChI is InChI=1S/C22H30N4O3/c1-17(27)25-13-19-14-26(21(29)23-10-9-18-7-3-2-4-8-18)16-22(19,15-25)20(28)24-11-5-6-12-24/h2-4,7-8,19H,5-6,9-16H2,1H3,(H,23,29)/t19-,22-/m0/s1. The summed E-state index contributed by atoms with van der Waals surface area (Å²) in [5, 5.41) is 3.00. The number of benzene rings is 1. The van der Waals surface area contributed by atoms with E-state index in [2.05, 4.69) is 5.32 Å². The number of urea groups is 1. The van der Waals surface area contributed by atoms with Gasteiger partial charge in [0, 0.05) is 58.7 Å². The van der Waals surface area contributed by atoms with Crippen LogP contribution in [0.1, 0.15) is 25.3 Å². The lowest BCUT2D eigenvalue weighted by Gasteiger charge is -2.32. The quantitative estimate of drug-likeness (QED) is 0.832. The molecule has 7 heteroatoms. The first-order valence-electron chi connectivity index (χ1n) is 10.6. The Morgan fingerprint density at radius 3 is 2.34 bits per heavy atom. The van der Waals surface area contributed by atoms with Gasteiger partial charge >= 0.3 is 6.03 Å². The highest BCUT2D eigenvalue weighted by Crippen LogP contribution is 2.44. The van der Waals surface area contributed by atoms with Crippen LogP contribution < -0.4 is 5.32 Å². The molecule has 3 aliphatic heterocycles. The van der Waals surface area contributed by atoms with Crippen molar-refractivity contribution in [3.63, 3.8) is 0 Å². The molecule has 3 heterocycles. The molecule has 0 saturated carbocycles. The van der Waals surface area contributed by atoms with Crippen molar-refractivity contribution < 1.29 is 14.4 Å². The fourth-order valence-electron chi connectivity index (χ4n) is 5.07. The van der Waals surface area contributed by atoms with Gasteiger partial charge in [0.2, 0.25) is 11.8 Å². The van der Waals surface area contributed by atoms with Crippen LogP contribution in [0.3, 0.4) is 0 Å². The van der Waals surface area contributed by atoms with E-state index in [-0.39, 0.29) is 23.8 Å². The molecule has 3 saturated heterocycles. The van der Waals surface area contributed by atoms with Gasteiger partial charge in [-0.1, -0.05) is 30.3 Å². The molecule has 1 N–H and O–H groups in total. The average Bonchev–Trinajstić information content (AvgIpc) is 3.43. The number of amides is 4. The number of hydrogen-bond donors (Lipinski definition) is 1. The number of hydrogen-bond acceptors (Lipinski definition) is 3. The maximum Gasteiger partial charge on any atom is 0.317 e. The van der Waals surface area contributed by atoms with E-state index < -0.39 is 5.41 Å². The van der Waals surface area contributed by atoms with E-state index in [1.165, 1.54) is 5.56 Å². The van der Waals surface area contributed by atoms with E-state index in [1.54, 1.807) is 16.7 Å². The largest absolute Gasteiger partial charge is 0.342 e. The Bertz CT molecular complexity index is 778. The summed E-state index contributed by atoms with van der Waals surface area (Å²) in [6, 6.07) is 9.95. The summed E-state index contributed by atoms with van der Waals surface area (Å²) in [5.74, 6) is 0.148. The van der Waals surface area contributed by atoms with Crippen molar-refractivity contribution in [1.29, 1.82) is 0 Å². The molecule has 0 aromatic heterocycles. The van der Waals surface area contributed by atoms with Crippen LogP contribution in [0.2, 0.25) is 0 Å². The van der Waals surface area contributed by atoms with Crippen molar-refractivity contribution in [2.24, 2.45) is 11.3 Å². The SMILES string of the molecule is CC(=O)N1C[C@H]2CN(C(=O)NCCc3ccccc3)C[C@@]2(C(=O)N2CCCC2)C1. The van der Waals surface area contributed by atoms with Crippen molar-refractivity contribution in [2.75, 3.05) is 45.8 Å². The number of rotatable bonds is 4. The van der Waals surface area contributed by atoms with Crippen LogP contribution in [0.4, 0.5) is 4.79 Å². The first kappa shape index (κ1) is 19.7. The fraction of sp³-hybridized carbons (Fsp3) is 0.591. The topological polar surface area (TPSA) is 73.0 Å². The van der Waals surface area contributed by atoms with Crippen LogP contribution in [0, 0.1) is 11.3 Å². The van der Waals surface area contributed by atoms with Crippen LogP contribution in [-0.4, -0.2) is 78.4 Å². The lowest BCUT2D eigenvalue weighted by molar-refractivity contribution is -0.141. The number of nitrogens with one attached hydrogen (secondary N) is 1. The van der Waals surface area contributed by atoms with E-state index in [0.717, 1.165) is 32.4 Å². The van der Waals surface area contributed by atoms with Crippen molar-refractivity contribution in [3.8, 4) is 0 Å². The summed E-state index contributed by atoms with van der Waals surface area (Å²) in [6.07, 6.45) is 2.85. The third kappa shape index (κ3) is 3.82. The van der Waals surface area contributed by atoms with E-state index in [1.807, 2.05) is 35.2 Å². The zero-order valence-corrected chi connectivity index (χ0v) is 17.1. The smallest absolute Gasteiger partial charge is 0.317 e. The Morgan fingerprint density at radius 2 is 1.66 bits per heavy atom. The molecule has 2 atom stereocenters. The zero-order chi connectivity index (χ0) is 20.4. The molecule has 0 unspecified atom stereocenters. The Kier molecular flexibility index (Phi) is 5.48. The molecule has 1 aromatic rings. The van der Waals surface area contributed by atoms with Crippen molar-refractivity contribution >= 4 is 17.8 Å². The van der Waals surface area contributed by atoms with Gasteiger partial charge in [-0.3, -0.25) is 9.59 Å². The first-order valence-corrected chi connectivity index (χ1v) is 10.6. The number of likely N-dealkylation sites (tertiary alicyclic amines) is 3. The number of carbonyl (C=O) groups excluding carboxylic acids is 3. The number of carbonyl (C=O) groups is 3. The molecule has 0 aliphatic carbocycles. The molecule has 156 valence electrons. The third-order valence-corrected chi connectivity index (χ3v) is 6.69. The Hall–Kier alpha value is -2.57. The molecule has 3 aliphatic rings. The average molecular weight is 399 g/mol. The molecule has 29 heavy (non-hydrogen) atoms. The highest BCUT2D eigenvalue weighted by Gasteiger charge is 2.59. The van der Waals surface area contributed by atoms with Crippen molar-refractivity contribution in [1.82, 2.24) is 20.0 Å². The van der Waals surface area contributed by atoms with Crippen LogP contribution in [0.25, 0.3) is 0 Å². The normalized spacial score (nSPS) is 26.0. The molecule has 7 nitrogen and oxygen atoms in total. The minimum atomic E-state index is -0.646. The fourth-order valence-corrected chi connectivity index (χ4v) is 5.07. The minimum absolute atomic E-state index is 0.00635. The second-order valence-corrected chi connectivity index (χ2v) is 8.60. The molecule has 4 amide bonds. The Balaban J connectivity index is 1.41. The van der Waals surface area contributed by atoms with Crippen LogP contribution in [0.15, 0.2) is 30.3 Å². The maximum atomic E-state index is 13.4. The zero-order valence-electron chi connectivity index (χ0n) is 17.1. The molecule has 4 rings (SSSR count). The summed E-state index contributed by atoms with van der Waals surface area (Å²) in [5.41, 5.74) is 0.538.